The van der Waals surface area contributed by atoms with E-state index in [-0.39, 0.29) is 5.91 Å². The van der Waals surface area contributed by atoms with E-state index in [1.165, 1.54) is 0 Å². The first kappa shape index (κ1) is 15.9. The summed E-state index contributed by atoms with van der Waals surface area (Å²) in [4.78, 5) is 20.0. The first-order valence-corrected chi connectivity index (χ1v) is 8.51. The zero-order valence-corrected chi connectivity index (χ0v) is 13.9. The Kier molecular flexibility index (Phi) is 4.29. The van der Waals surface area contributed by atoms with Crippen LogP contribution in [-0.4, -0.2) is 58.5 Å². The molecule has 6 nitrogen and oxygen atoms in total. The van der Waals surface area contributed by atoms with Crippen molar-refractivity contribution >= 4 is 16.8 Å². The Hall–Kier alpha value is -2.57. The van der Waals surface area contributed by atoms with E-state index in [0.29, 0.717) is 25.4 Å². The number of para-hydroxylation sites is 1. The molecule has 1 aliphatic rings. The molecular weight excluding hydrogens is 318 g/mol. The average molecular weight is 339 g/mol. The number of amides is 1. The van der Waals surface area contributed by atoms with E-state index in [2.05, 4.69) is 9.88 Å². The Morgan fingerprint density at radius 2 is 1.96 bits per heavy atom. The first-order valence-electron chi connectivity index (χ1n) is 8.51. The number of aromatic nitrogens is 1. The minimum atomic E-state index is -0.633. The van der Waals surface area contributed by atoms with Crippen molar-refractivity contribution in [1.82, 2.24) is 14.8 Å². The Bertz CT molecular complexity index is 848. The third-order valence-electron chi connectivity index (χ3n) is 4.78. The van der Waals surface area contributed by atoms with Gasteiger partial charge in [0.1, 0.15) is 11.9 Å². The molecule has 0 aliphatic carbocycles. The van der Waals surface area contributed by atoms with Crippen molar-refractivity contribution in [2.45, 2.75) is 6.10 Å². The molecule has 1 aromatic carbocycles. The maximum Gasteiger partial charge on any atom is 0.256 e. The number of aliphatic hydroxyl groups excluding tert-OH is 1. The fraction of sp³-hybridized carbons (Fsp3) is 0.316. The van der Waals surface area contributed by atoms with Gasteiger partial charge in [0, 0.05) is 49.8 Å². The van der Waals surface area contributed by atoms with E-state index in [4.69, 9.17) is 4.42 Å². The Morgan fingerprint density at radius 3 is 2.72 bits per heavy atom. The van der Waals surface area contributed by atoms with Gasteiger partial charge < -0.3 is 19.4 Å². The topological polar surface area (TPSA) is 72.7 Å². The summed E-state index contributed by atoms with van der Waals surface area (Å²) in [7, 11) is 0. The lowest BCUT2D eigenvalue weighted by molar-refractivity contribution is 0.0487. The van der Waals surface area contributed by atoms with E-state index in [1.807, 2.05) is 29.2 Å². The molecule has 0 spiro atoms. The number of fused-ring (bicyclic) bond motifs is 1. The van der Waals surface area contributed by atoms with E-state index < -0.39 is 6.10 Å². The molecule has 1 unspecified atom stereocenters. The lowest BCUT2D eigenvalue weighted by atomic mass is 10.1. The summed E-state index contributed by atoms with van der Waals surface area (Å²) in [5.74, 6) is 0.640. The molecule has 0 saturated carbocycles. The van der Waals surface area contributed by atoms with Crippen LogP contribution in [0.3, 0.4) is 0 Å². The Labute approximate surface area is 145 Å². The van der Waals surface area contributed by atoms with Gasteiger partial charge in [-0.05, 0) is 18.2 Å². The van der Waals surface area contributed by atoms with Crippen LogP contribution >= 0.6 is 0 Å². The van der Waals surface area contributed by atoms with Gasteiger partial charge in [-0.2, -0.15) is 0 Å². The fourth-order valence-electron chi connectivity index (χ4n) is 3.37. The van der Waals surface area contributed by atoms with Crippen molar-refractivity contribution in [2.75, 3.05) is 32.7 Å². The largest absolute Gasteiger partial charge is 0.467 e. The highest BCUT2D eigenvalue weighted by Gasteiger charge is 2.25. The SMILES string of the molecule is O=C(c1c[nH]c2ccccc12)N1CCN(CC(O)c2ccco2)CC1. The van der Waals surface area contributed by atoms with Crippen molar-refractivity contribution in [3.8, 4) is 0 Å². The Morgan fingerprint density at radius 1 is 1.16 bits per heavy atom. The molecule has 0 radical (unpaired) electrons. The van der Waals surface area contributed by atoms with Crippen LogP contribution in [0.1, 0.15) is 22.2 Å². The van der Waals surface area contributed by atoms with Crippen LogP contribution in [0.2, 0.25) is 0 Å². The number of β-amino-alcohol motifs (C(OH)–C–C–N with tert-alkyl or cyclic N) is 1. The molecule has 1 saturated heterocycles. The van der Waals surface area contributed by atoms with Gasteiger partial charge in [0.25, 0.3) is 5.91 Å². The third-order valence-corrected chi connectivity index (χ3v) is 4.78. The van der Waals surface area contributed by atoms with Crippen molar-refractivity contribution in [1.29, 1.82) is 0 Å². The first-order chi connectivity index (χ1) is 12.2. The molecule has 1 aliphatic heterocycles. The average Bonchev–Trinajstić information content (AvgIpc) is 3.32. The number of H-pyrrole nitrogens is 1. The number of hydrogen-bond donors (Lipinski definition) is 2. The molecule has 1 amide bonds. The van der Waals surface area contributed by atoms with Crippen LogP contribution in [0.25, 0.3) is 10.9 Å². The second kappa shape index (κ2) is 6.74. The zero-order valence-electron chi connectivity index (χ0n) is 13.9. The van der Waals surface area contributed by atoms with E-state index in [9.17, 15) is 9.90 Å². The highest BCUT2D eigenvalue weighted by atomic mass is 16.4. The molecule has 6 heteroatoms. The van der Waals surface area contributed by atoms with Gasteiger partial charge in [-0.25, -0.2) is 0 Å². The minimum Gasteiger partial charge on any atom is -0.467 e. The zero-order chi connectivity index (χ0) is 17.2. The molecule has 2 N–H and O–H groups in total. The predicted octanol–water partition coefficient (Wildman–Crippen LogP) is 2.25. The number of aliphatic hydroxyl groups is 1. The van der Waals surface area contributed by atoms with Crippen LogP contribution in [0, 0.1) is 0 Å². The summed E-state index contributed by atoms with van der Waals surface area (Å²) < 4.78 is 5.24. The molecule has 0 bridgehead atoms. The summed E-state index contributed by atoms with van der Waals surface area (Å²) in [6, 6.07) is 11.4. The van der Waals surface area contributed by atoms with Crippen molar-refractivity contribution < 1.29 is 14.3 Å². The van der Waals surface area contributed by atoms with Gasteiger partial charge >= 0.3 is 0 Å². The molecule has 2 aromatic heterocycles. The number of benzene rings is 1. The summed E-state index contributed by atoms with van der Waals surface area (Å²) in [6.45, 7) is 3.31. The number of furan rings is 1. The smallest absolute Gasteiger partial charge is 0.256 e. The normalized spacial score (nSPS) is 17.1. The second-order valence-corrected chi connectivity index (χ2v) is 6.37. The van der Waals surface area contributed by atoms with E-state index in [1.54, 1.807) is 24.6 Å². The highest BCUT2D eigenvalue weighted by molar-refractivity contribution is 6.06. The summed E-state index contributed by atoms with van der Waals surface area (Å²) in [5, 5.41) is 11.1. The van der Waals surface area contributed by atoms with Crippen molar-refractivity contribution in [2.24, 2.45) is 0 Å². The minimum absolute atomic E-state index is 0.0590. The standard InChI is InChI=1S/C19H21N3O3/c23-17(18-6-3-11-25-18)13-21-7-9-22(10-8-21)19(24)15-12-20-16-5-2-1-4-14(15)16/h1-6,11-12,17,20,23H,7-10,13H2. The van der Waals surface area contributed by atoms with Gasteiger partial charge in [0.15, 0.2) is 0 Å². The molecule has 130 valence electrons. The number of piperazine rings is 1. The van der Waals surface area contributed by atoms with Crippen molar-refractivity contribution in [3.63, 3.8) is 0 Å². The number of carbonyl (C=O) groups excluding carboxylic acids is 1. The summed E-state index contributed by atoms with van der Waals surface area (Å²) >= 11 is 0. The number of aromatic amines is 1. The number of nitrogens with one attached hydrogen (secondary N) is 1. The summed E-state index contributed by atoms with van der Waals surface area (Å²) in [6.07, 6.45) is 2.72. The molecule has 1 fully saturated rings. The van der Waals surface area contributed by atoms with Crippen LogP contribution in [-0.2, 0) is 0 Å². The number of hydrogen-bond acceptors (Lipinski definition) is 4. The van der Waals surface area contributed by atoms with Gasteiger partial charge in [-0.3, -0.25) is 9.69 Å². The van der Waals surface area contributed by atoms with Crippen LogP contribution in [0.15, 0.2) is 53.3 Å². The van der Waals surface area contributed by atoms with E-state index in [0.717, 1.165) is 29.6 Å². The predicted molar refractivity (Wildman–Crippen MR) is 94.3 cm³/mol. The van der Waals surface area contributed by atoms with Crippen LogP contribution in [0.4, 0.5) is 0 Å². The third kappa shape index (κ3) is 3.18. The fourth-order valence-corrected chi connectivity index (χ4v) is 3.37. The maximum atomic E-state index is 12.8. The molecule has 4 rings (SSSR count). The second-order valence-electron chi connectivity index (χ2n) is 6.37. The summed E-state index contributed by atoms with van der Waals surface area (Å²) in [5.41, 5.74) is 1.70. The van der Waals surface area contributed by atoms with Crippen LogP contribution in [0.5, 0.6) is 0 Å². The number of nitrogens with zero attached hydrogens (tertiary/aromatic N) is 2. The van der Waals surface area contributed by atoms with Crippen LogP contribution < -0.4 is 0 Å². The molecule has 3 heterocycles. The lowest BCUT2D eigenvalue weighted by Crippen LogP contribution is -2.49. The molecule has 25 heavy (non-hydrogen) atoms. The van der Waals surface area contributed by atoms with E-state index >= 15 is 0 Å². The van der Waals surface area contributed by atoms with Crippen molar-refractivity contribution in [3.05, 3.63) is 60.2 Å². The van der Waals surface area contributed by atoms with Gasteiger partial charge in [0.2, 0.25) is 0 Å². The molecule has 1 atom stereocenters. The highest BCUT2D eigenvalue weighted by Crippen LogP contribution is 2.21. The molecule has 3 aromatic rings. The van der Waals surface area contributed by atoms with Gasteiger partial charge in [0.05, 0.1) is 11.8 Å². The van der Waals surface area contributed by atoms with Gasteiger partial charge in [-0.1, -0.05) is 18.2 Å². The number of carbonyl (C=O) groups is 1. The maximum absolute atomic E-state index is 12.8. The quantitative estimate of drug-likeness (QED) is 0.765. The monoisotopic (exact) mass is 339 g/mol. The molecular formula is C19H21N3O3. The number of rotatable bonds is 4. The Balaban J connectivity index is 1.37. The lowest BCUT2D eigenvalue weighted by Gasteiger charge is -2.35. The van der Waals surface area contributed by atoms with Gasteiger partial charge in [-0.15, -0.1) is 0 Å².